The number of aromatic nitrogens is 2. The molecule has 2 nitrogen and oxygen atoms in total. The van der Waals surface area contributed by atoms with Crippen LogP contribution in [0.3, 0.4) is 0 Å². The van der Waals surface area contributed by atoms with Gasteiger partial charge in [0.25, 0.3) is 0 Å². The first-order chi connectivity index (χ1) is 7.43. The second-order valence-electron chi connectivity index (χ2n) is 3.40. The van der Waals surface area contributed by atoms with E-state index in [2.05, 4.69) is 27.5 Å². The Bertz CT molecular complexity index is 519. The highest BCUT2D eigenvalue weighted by atomic mass is 32.2. The maximum Gasteiger partial charge on any atom is 0.138 e. The lowest BCUT2D eigenvalue weighted by atomic mass is 10.2. The second kappa shape index (κ2) is 3.59. The number of nitrogens with one attached hydrogen (secondary N) is 1. The van der Waals surface area contributed by atoms with Crippen LogP contribution in [-0.2, 0) is 0 Å². The molecule has 3 rings (SSSR count). The molecule has 0 saturated carbocycles. The van der Waals surface area contributed by atoms with E-state index < -0.39 is 0 Å². The van der Waals surface area contributed by atoms with E-state index in [0.29, 0.717) is 0 Å². The highest BCUT2D eigenvalue weighted by molar-refractivity contribution is 8.02. The predicted molar refractivity (Wildman–Crippen MR) is 65.7 cm³/mol. The predicted octanol–water partition coefficient (Wildman–Crippen LogP) is 3.21. The number of hydrogen-bond acceptors (Lipinski definition) is 2. The summed E-state index contributed by atoms with van der Waals surface area (Å²) < 4.78 is 0. The molecule has 0 radical (unpaired) electrons. The first-order valence-corrected chi connectivity index (χ1v) is 5.92. The molecule has 2 aromatic rings. The van der Waals surface area contributed by atoms with E-state index in [9.17, 15) is 0 Å². The van der Waals surface area contributed by atoms with Crippen LogP contribution in [0.2, 0.25) is 0 Å². The van der Waals surface area contributed by atoms with Crippen molar-refractivity contribution in [2.75, 3.05) is 5.75 Å². The van der Waals surface area contributed by atoms with Gasteiger partial charge in [-0.15, -0.1) is 11.8 Å². The summed E-state index contributed by atoms with van der Waals surface area (Å²) in [6.07, 6.45) is 4.30. The summed E-state index contributed by atoms with van der Waals surface area (Å²) in [5.74, 6) is 2.00. The first-order valence-electron chi connectivity index (χ1n) is 4.87. The molecule has 1 aliphatic rings. The van der Waals surface area contributed by atoms with E-state index in [1.54, 1.807) is 11.8 Å². The van der Waals surface area contributed by atoms with Crippen LogP contribution >= 0.6 is 11.8 Å². The number of nitrogens with zero attached hydrogens (tertiary/aromatic N) is 1. The van der Waals surface area contributed by atoms with Gasteiger partial charge in [0.1, 0.15) is 5.82 Å². The van der Waals surface area contributed by atoms with Gasteiger partial charge in [0.05, 0.1) is 11.0 Å². The zero-order chi connectivity index (χ0) is 10.1. The minimum Gasteiger partial charge on any atom is -0.338 e. The van der Waals surface area contributed by atoms with Gasteiger partial charge in [-0.2, -0.15) is 0 Å². The average Bonchev–Trinajstić information content (AvgIpc) is 2.74. The number of para-hydroxylation sites is 2. The highest BCUT2D eigenvalue weighted by Gasteiger charge is 2.06. The Kier molecular flexibility index (Phi) is 2.10. The second-order valence-corrected chi connectivity index (χ2v) is 4.34. The smallest absolute Gasteiger partial charge is 0.138 e. The number of benzene rings is 1. The van der Waals surface area contributed by atoms with Gasteiger partial charge in [-0.1, -0.05) is 18.2 Å². The number of thioether (sulfide) groups is 1. The molecular formula is C12H10N2S. The summed E-state index contributed by atoms with van der Waals surface area (Å²) in [6, 6.07) is 8.10. The third-order valence-corrected chi connectivity index (χ3v) is 3.09. The van der Waals surface area contributed by atoms with Gasteiger partial charge >= 0.3 is 0 Å². The van der Waals surface area contributed by atoms with Crippen molar-refractivity contribution in [3.63, 3.8) is 0 Å². The molecule has 1 N–H and O–H groups in total. The molecule has 74 valence electrons. The third kappa shape index (κ3) is 1.59. The van der Waals surface area contributed by atoms with Crippen molar-refractivity contribution in [3.8, 4) is 0 Å². The van der Waals surface area contributed by atoms with Gasteiger partial charge in [-0.25, -0.2) is 4.98 Å². The van der Waals surface area contributed by atoms with Gasteiger partial charge < -0.3 is 4.98 Å². The normalized spacial score (nSPS) is 15.6. The molecule has 3 heteroatoms. The Labute approximate surface area is 92.1 Å². The molecule has 0 amide bonds. The lowest BCUT2D eigenvalue weighted by molar-refractivity contribution is 1.27. The minimum atomic E-state index is 0.966. The minimum absolute atomic E-state index is 0.966. The first kappa shape index (κ1) is 8.80. The van der Waals surface area contributed by atoms with Crippen molar-refractivity contribution < 1.29 is 0 Å². The number of hydrogen-bond donors (Lipinski definition) is 1. The van der Waals surface area contributed by atoms with Crippen molar-refractivity contribution in [3.05, 3.63) is 47.6 Å². The van der Waals surface area contributed by atoms with E-state index in [0.717, 1.165) is 22.6 Å². The zero-order valence-corrected chi connectivity index (χ0v) is 8.92. The van der Waals surface area contributed by atoms with Crippen LogP contribution < -0.4 is 0 Å². The lowest BCUT2D eigenvalue weighted by Crippen LogP contribution is -1.87. The van der Waals surface area contributed by atoms with Crippen LogP contribution in [0.25, 0.3) is 16.6 Å². The Balaban J connectivity index is 2.11. The Hall–Kier alpha value is -1.48. The molecular weight excluding hydrogens is 204 g/mol. The molecule has 2 heterocycles. The van der Waals surface area contributed by atoms with Crippen molar-refractivity contribution in [2.24, 2.45) is 0 Å². The molecule has 15 heavy (non-hydrogen) atoms. The molecule has 0 aliphatic carbocycles. The molecule has 0 atom stereocenters. The van der Waals surface area contributed by atoms with Gasteiger partial charge in [-0.05, 0) is 23.6 Å². The fourth-order valence-electron chi connectivity index (χ4n) is 1.65. The summed E-state index contributed by atoms with van der Waals surface area (Å²) >= 11 is 1.80. The SMILES string of the molecule is C1=CC(c2nc3ccccc3[nH]2)=CCS1. The molecule has 0 spiro atoms. The number of H-pyrrole nitrogens is 1. The van der Waals surface area contributed by atoms with Crippen LogP contribution in [0, 0.1) is 0 Å². The number of fused-ring (bicyclic) bond motifs is 1. The Morgan fingerprint density at radius 3 is 3.00 bits per heavy atom. The van der Waals surface area contributed by atoms with Gasteiger partial charge in [0, 0.05) is 11.3 Å². The summed E-state index contributed by atoms with van der Waals surface area (Å²) in [5.41, 5.74) is 3.31. The highest BCUT2D eigenvalue weighted by Crippen LogP contribution is 2.22. The maximum absolute atomic E-state index is 4.55. The average molecular weight is 214 g/mol. The van der Waals surface area contributed by atoms with Gasteiger partial charge in [-0.3, -0.25) is 0 Å². The van der Waals surface area contributed by atoms with Crippen LogP contribution in [0.4, 0.5) is 0 Å². The molecule has 0 unspecified atom stereocenters. The number of rotatable bonds is 1. The quantitative estimate of drug-likeness (QED) is 0.789. The van der Waals surface area contributed by atoms with E-state index in [-0.39, 0.29) is 0 Å². The van der Waals surface area contributed by atoms with Gasteiger partial charge in [0.2, 0.25) is 0 Å². The fourth-order valence-corrected chi connectivity index (χ4v) is 2.28. The summed E-state index contributed by atoms with van der Waals surface area (Å²) in [5, 5.41) is 2.11. The van der Waals surface area contributed by atoms with Crippen molar-refractivity contribution in [1.82, 2.24) is 9.97 Å². The monoisotopic (exact) mass is 214 g/mol. The maximum atomic E-state index is 4.55. The molecule has 1 aromatic carbocycles. The van der Waals surface area contributed by atoms with E-state index in [4.69, 9.17) is 0 Å². The molecule has 1 aliphatic heterocycles. The molecule has 1 aromatic heterocycles. The van der Waals surface area contributed by atoms with Crippen LogP contribution in [0.1, 0.15) is 5.82 Å². The number of aromatic amines is 1. The standard InChI is InChI=1S/C12H10N2S/c1-2-4-11-10(3-1)13-12(14-11)9-5-7-15-8-6-9/h1-7H,8H2,(H,13,14). The van der Waals surface area contributed by atoms with Crippen molar-refractivity contribution >= 4 is 28.4 Å². The summed E-state index contributed by atoms with van der Waals surface area (Å²) in [6.45, 7) is 0. The van der Waals surface area contributed by atoms with E-state index in [1.165, 1.54) is 5.57 Å². The van der Waals surface area contributed by atoms with Crippen LogP contribution in [0.15, 0.2) is 41.8 Å². The largest absolute Gasteiger partial charge is 0.338 e. The molecule has 0 bridgehead atoms. The third-order valence-electron chi connectivity index (χ3n) is 2.41. The summed E-state index contributed by atoms with van der Waals surface area (Å²) in [4.78, 5) is 7.88. The summed E-state index contributed by atoms with van der Waals surface area (Å²) in [7, 11) is 0. The fraction of sp³-hybridized carbons (Fsp3) is 0.0833. The van der Waals surface area contributed by atoms with Crippen molar-refractivity contribution in [1.29, 1.82) is 0 Å². The van der Waals surface area contributed by atoms with Gasteiger partial charge in [0.15, 0.2) is 0 Å². The number of imidazole rings is 1. The topological polar surface area (TPSA) is 28.7 Å². The lowest BCUT2D eigenvalue weighted by Gasteiger charge is -2.02. The Morgan fingerprint density at radius 2 is 2.20 bits per heavy atom. The van der Waals surface area contributed by atoms with E-state index in [1.807, 2.05) is 24.3 Å². The molecule has 0 fully saturated rings. The molecule has 0 saturated heterocycles. The van der Waals surface area contributed by atoms with Crippen molar-refractivity contribution in [2.45, 2.75) is 0 Å². The number of allylic oxidation sites excluding steroid dienone is 2. The Morgan fingerprint density at radius 1 is 1.27 bits per heavy atom. The zero-order valence-electron chi connectivity index (χ0n) is 8.10. The van der Waals surface area contributed by atoms with E-state index >= 15 is 0 Å². The van der Waals surface area contributed by atoms with Crippen LogP contribution in [0.5, 0.6) is 0 Å². The van der Waals surface area contributed by atoms with Crippen LogP contribution in [-0.4, -0.2) is 15.7 Å².